The second-order valence-corrected chi connectivity index (χ2v) is 5.92. The fraction of sp³-hybridized carbons (Fsp3) is 0.533. The van der Waals surface area contributed by atoms with Gasteiger partial charge in [0.25, 0.3) is 0 Å². The van der Waals surface area contributed by atoms with Crippen molar-refractivity contribution in [3.63, 3.8) is 0 Å². The van der Waals surface area contributed by atoms with Crippen LogP contribution in [-0.2, 0) is 4.79 Å². The highest BCUT2D eigenvalue weighted by atomic mass is 35.5. The van der Waals surface area contributed by atoms with Crippen LogP contribution in [0, 0.1) is 5.82 Å². The minimum atomic E-state index is -0.425. The summed E-state index contributed by atoms with van der Waals surface area (Å²) in [6.07, 6.45) is 3.23. The number of hydrogen-bond donors (Lipinski definition) is 2. The zero-order valence-corrected chi connectivity index (χ0v) is 12.9. The maximum atomic E-state index is 13.0. The molecule has 0 bridgehead atoms. The number of likely N-dealkylation sites (tertiary alicyclic amines) is 1. The Labute approximate surface area is 129 Å². The van der Waals surface area contributed by atoms with Crippen molar-refractivity contribution in [1.82, 2.24) is 4.90 Å². The number of rotatable bonds is 4. The molecule has 0 aliphatic carbocycles. The maximum Gasteiger partial charge on any atom is 0.238 e. The van der Waals surface area contributed by atoms with E-state index in [9.17, 15) is 9.18 Å². The molecule has 1 aromatic rings. The molecule has 1 heterocycles. The topological polar surface area (TPSA) is 58.4 Å². The van der Waals surface area contributed by atoms with Gasteiger partial charge in [0.1, 0.15) is 5.82 Å². The van der Waals surface area contributed by atoms with Crippen LogP contribution in [-0.4, -0.2) is 36.0 Å². The summed E-state index contributed by atoms with van der Waals surface area (Å²) < 4.78 is 13.0. The van der Waals surface area contributed by atoms with Gasteiger partial charge in [-0.05, 0) is 38.0 Å². The third kappa shape index (κ3) is 4.15. The van der Waals surface area contributed by atoms with Crippen molar-refractivity contribution in [2.24, 2.45) is 5.73 Å². The molecular formula is C15H21ClFN3O. The molecule has 6 heteroatoms. The molecule has 0 aromatic heterocycles. The van der Waals surface area contributed by atoms with E-state index in [1.54, 1.807) is 0 Å². The van der Waals surface area contributed by atoms with Gasteiger partial charge >= 0.3 is 0 Å². The van der Waals surface area contributed by atoms with Gasteiger partial charge in [-0.25, -0.2) is 4.39 Å². The number of halogens is 2. The Morgan fingerprint density at radius 1 is 1.52 bits per heavy atom. The fourth-order valence-electron chi connectivity index (χ4n) is 2.83. The second kappa shape index (κ2) is 7.20. The third-order valence-corrected chi connectivity index (χ3v) is 4.31. The van der Waals surface area contributed by atoms with E-state index in [0.29, 0.717) is 18.3 Å². The van der Waals surface area contributed by atoms with Gasteiger partial charge in [-0.15, -0.1) is 0 Å². The van der Waals surface area contributed by atoms with Crippen molar-refractivity contribution >= 4 is 23.2 Å². The van der Waals surface area contributed by atoms with E-state index < -0.39 is 5.82 Å². The van der Waals surface area contributed by atoms with E-state index in [4.69, 9.17) is 17.3 Å². The van der Waals surface area contributed by atoms with Crippen LogP contribution < -0.4 is 11.1 Å². The van der Waals surface area contributed by atoms with Crippen LogP contribution in [0.3, 0.4) is 0 Å². The number of carbonyl (C=O) groups is 1. The number of piperidine rings is 1. The van der Waals surface area contributed by atoms with E-state index in [-0.39, 0.29) is 23.5 Å². The van der Waals surface area contributed by atoms with Gasteiger partial charge in [0.05, 0.1) is 17.3 Å². The van der Waals surface area contributed by atoms with Gasteiger partial charge in [0, 0.05) is 18.6 Å². The molecule has 2 rings (SSSR count). The summed E-state index contributed by atoms with van der Waals surface area (Å²) in [6.45, 7) is 2.94. The lowest BCUT2D eigenvalue weighted by Crippen LogP contribution is -2.51. The minimum Gasteiger partial charge on any atom is -0.329 e. The Balaban J connectivity index is 2.00. The van der Waals surface area contributed by atoms with Crippen molar-refractivity contribution in [3.05, 3.63) is 29.0 Å². The molecule has 1 fully saturated rings. The Kier molecular flexibility index (Phi) is 5.56. The van der Waals surface area contributed by atoms with Crippen LogP contribution in [0.1, 0.15) is 26.2 Å². The van der Waals surface area contributed by atoms with Gasteiger partial charge in [0.2, 0.25) is 5.91 Å². The molecule has 2 unspecified atom stereocenters. The first kappa shape index (κ1) is 16.2. The summed E-state index contributed by atoms with van der Waals surface area (Å²) in [5.41, 5.74) is 6.22. The van der Waals surface area contributed by atoms with Gasteiger partial charge in [0.15, 0.2) is 0 Å². The minimum absolute atomic E-state index is 0.157. The molecular weight excluding hydrogens is 293 g/mol. The van der Waals surface area contributed by atoms with Crippen molar-refractivity contribution in [1.29, 1.82) is 0 Å². The first-order chi connectivity index (χ1) is 10.0. The monoisotopic (exact) mass is 313 g/mol. The molecule has 0 spiro atoms. The molecule has 1 aromatic carbocycles. The van der Waals surface area contributed by atoms with Crippen LogP contribution >= 0.6 is 11.6 Å². The normalized spacial score (nSPS) is 23.0. The van der Waals surface area contributed by atoms with Gasteiger partial charge in [-0.1, -0.05) is 18.0 Å². The van der Waals surface area contributed by atoms with Crippen LogP contribution in [0.25, 0.3) is 0 Å². The highest BCUT2D eigenvalue weighted by Crippen LogP contribution is 2.24. The number of anilines is 1. The summed E-state index contributed by atoms with van der Waals surface area (Å²) in [7, 11) is 0. The predicted molar refractivity (Wildman–Crippen MR) is 82.9 cm³/mol. The fourth-order valence-corrected chi connectivity index (χ4v) is 3.04. The highest BCUT2D eigenvalue weighted by molar-refractivity contribution is 6.33. The lowest BCUT2D eigenvalue weighted by molar-refractivity contribution is -0.118. The van der Waals surface area contributed by atoms with Crippen LogP contribution in [0.2, 0.25) is 5.02 Å². The smallest absolute Gasteiger partial charge is 0.238 e. The highest BCUT2D eigenvalue weighted by Gasteiger charge is 2.28. The van der Waals surface area contributed by atoms with Crippen LogP contribution in [0.15, 0.2) is 18.2 Å². The summed E-state index contributed by atoms with van der Waals surface area (Å²) in [5.74, 6) is -0.582. The standard InChI is InChI=1S/C15H21ClFN3O/c1-10-3-2-4-12(8-18)20(10)9-15(21)19-14-6-5-11(17)7-13(14)16/h5-7,10,12H,2-4,8-9,18H2,1H3,(H,19,21). The number of benzene rings is 1. The van der Waals surface area contributed by atoms with Crippen LogP contribution in [0.5, 0.6) is 0 Å². The van der Waals surface area contributed by atoms with E-state index >= 15 is 0 Å². The average Bonchev–Trinajstić information content (AvgIpc) is 2.44. The molecule has 0 radical (unpaired) electrons. The summed E-state index contributed by atoms with van der Waals surface area (Å²) in [4.78, 5) is 14.3. The molecule has 4 nitrogen and oxygen atoms in total. The largest absolute Gasteiger partial charge is 0.329 e. The van der Waals surface area contributed by atoms with Crippen LogP contribution in [0.4, 0.5) is 10.1 Å². The Morgan fingerprint density at radius 2 is 2.29 bits per heavy atom. The molecule has 2 atom stereocenters. The van der Waals surface area contributed by atoms with Crippen molar-refractivity contribution in [2.75, 3.05) is 18.4 Å². The lowest BCUT2D eigenvalue weighted by Gasteiger charge is -2.39. The molecule has 0 saturated carbocycles. The first-order valence-electron chi connectivity index (χ1n) is 7.22. The van der Waals surface area contributed by atoms with E-state index in [1.165, 1.54) is 18.2 Å². The first-order valence-corrected chi connectivity index (χ1v) is 7.59. The van der Waals surface area contributed by atoms with Gasteiger partial charge < -0.3 is 11.1 Å². The quantitative estimate of drug-likeness (QED) is 0.898. The Hall–Kier alpha value is -1.17. The van der Waals surface area contributed by atoms with E-state index in [0.717, 1.165) is 19.3 Å². The lowest BCUT2D eigenvalue weighted by atomic mass is 9.96. The SMILES string of the molecule is CC1CCCC(CN)N1CC(=O)Nc1ccc(F)cc1Cl. The Bertz CT molecular complexity index is 512. The molecule has 3 N–H and O–H groups in total. The molecule has 1 saturated heterocycles. The van der Waals surface area contributed by atoms with Crippen molar-refractivity contribution in [2.45, 2.75) is 38.3 Å². The number of carbonyl (C=O) groups excluding carboxylic acids is 1. The summed E-state index contributed by atoms with van der Waals surface area (Å²) >= 11 is 5.91. The zero-order valence-electron chi connectivity index (χ0n) is 12.1. The number of amides is 1. The average molecular weight is 314 g/mol. The van der Waals surface area contributed by atoms with E-state index in [1.807, 2.05) is 0 Å². The number of hydrogen-bond acceptors (Lipinski definition) is 3. The van der Waals surface area contributed by atoms with Gasteiger partial charge in [-0.2, -0.15) is 0 Å². The summed E-state index contributed by atoms with van der Waals surface area (Å²) in [5, 5.41) is 2.93. The summed E-state index contributed by atoms with van der Waals surface area (Å²) in [6, 6.07) is 4.50. The second-order valence-electron chi connectivity index (χ2n) is 5.51. The zero-order chi connectivity index (χ0) is 15.4. The van der Waals surface area contributed by atoms with Crippen molar-refractivity contribution in [3.8, 4) is 0 Å². The van der Waals surface area contributed by atoms with E-state index in [2.05, 4.69) is 17.1 Å². The maximum absolute atomic E-state index is 13.0. The number of nitrogens with two attached hydrogens (primary N) is 1. The van der Waals surface area contributed by atoms with Crippen molar-refractivity contribution < 1.29 is 9.18 Å². The number of nitrogens with one attached hydrogen (secondary N) is 1. The molecule has 116 valence electrons. The molecule has 21 heavy (non-hydrogen) atoms. The third-order valence-electron chi connectivity index (χ3n) is 4.00. The molecule has 1 aliphatic heterocycles. The Morgan fingerprint density at radius 3 is 2.95 bits per heavy atom. The van der Waals surface area contributed by atoms with Gasteiger partial charge in [-0.3, -0.25) is 9.69 Å². The predicted octanol–water partition coefficient (Wildman–Crippen LogP) is 2.62. The molecule has 1 amide bonds. The number of nitrogens with zero attached hydrogens (tertiary/aromatic N) is 1. The molecule has 1 aliphatic rings.